The van der Waals surface area contributed by atoms with Crippen LogP contribution in [0.15, 0.2) is 35.5 Å². The van der Waals surface area contributed by atoms with Crippen LogP contribution in [0.25, 0.3) is 0 Å². The minimum absolute atomic E-state index is 0.0318. The summed E-state index contributed by atoms with van der Waals surface area (Å²) >= 11 is 0. The van der Waals surface area contributed by atoms with Gasteiger partial charge in [0.1, 0.15) is 0 Å². The van der Waals surface area contributed by atoms with Gasteiger partial charge >= 0.3 is 23.9 Å². The van der Waals surface area contributed by atoms with Crippen LogP contribution in [0.3, 0.4) is 0 Å². The number of rotatable bonds is 12. The molecule has 6 rings (SSSR count). The largest absolute Gasteiger partial charge is 0.467 e. The first kappa shape index (κ1) is 44.5. The number of hydrogen-bond acceptors (Lipinski definition) is 12. The summed E-state index contributed by atoms with van der Waals surface area (Å²) in [5.74, 6) is -0.709. The molecule has 5 fully saturated rings. The van der Waals surface area contributed by atoms with Crippen LogP contribution in [0.4, 0.5) is 0 Å². The lowest BCUT2D eigenvalue weighted by Crippen LogP contribution is -2.64. The summed E-state index contributed by atoms with van der Waals surface area (Å²) in [4.78, 5) is 49.7. The second-order valence-corrected chi connectivity index (χ2v) is 18.8. The van der Waals surface area contributed by atoms with E-state index in [0.717, 1.165) is 45.6 Å². The minimum Gasteiger partial charge on any atom is -0.467 e. The third-order valence-electron chi connectivity index (χ3n) is 14.8. The fraction of sp³-hybridized carbons (Fsp3) is 0.783. The fourth-order valence-corrected chi connectivity index (χ4v) is 11.3. The van der Waals surface area contributed by atoms with Crippen molar-refractivity contribution in [2.45, 2.75) is 175 Å². The number of carbonyl (C=O) groups is 4. The van der Waals surface area contributed by atoms with Crippen LogP contribution in [-0.4, -0.2) is 86.3 Å². The van der Waals surface area contributed by atoms with Crippen molar-refractivity contribution >= 4 is 23.9 Å². The Morgan fingerprint density at radius 1 is 0.828 bits per heavy atom. The molecule has 324 valence electrons. The van der Waals surface area contributed by atoms with Gasteiger partial charge in [-0.3, -0.25) is 14.4 Å². The zero-order chi connectivity index (χ0) is 42.2. The fourth-order valence-electron chi connectivity index (χ4n) is 11.3. The summed E-state index contributed by atoms with van der Waals surface area (Å²) < 4.78 is 46.6. The number of esters is 4. The Morgan fingerprint density at radius 3 is 2.17 bits per heavy atom. The zero-order valence-electron chi connectivity index (χ0n) is 36.4. The number of ether oxygens (including phenoxy) is 8. The van der Waals surface area contributed by atoms with Gasteiger partial charge in [0.15, 0.2) is 37.0 Å². The highest BCUT2D eigenvalue weighted by molar-refractivity contribution is 5.77. The molecule has 0 bridgehead atoms. The maximum Gasteiger partial charge on any atom is 0.339 e. The lowest BCUT2D eigenvalue weighted by Gasteiger charge is -2.55. The Morgan fingerprint density at radius 2 is 1.52 bits per heavy atom. The van der Waals surface area contributed by atoms with Crippen molar-refractivity contribution in [3.8, 4) is 0 Å². The van der Waals surface area contributed by atoms with Crippen molar-refractivity contribution in [1.29, 1.82) is 0 Å². The van der Waals surface area contributed by atoms with E-state index in [9.17, 15) is 19.2 Å². The molecule has 0 aromatic heterocycles. The highest BCUT2D eigenvalue weighted by Gasteiger charge is 2.59. The molecule has 2 saturated heterocycles. The van der Waals surface area contributed by atoms with Crippen molar-refractivity contribution in [2.75, 3.05) is 13.7 Å². The molecule has 6 aliphatic rings. The molecule has 0 aromatic rings. The van der Waals surface area contributed by atoms with Gasteiger partial charge in [0.2, 0.25) is 0 Å². The van der Waals surface area contributed by atoms with Crippen molar-refractivity contribution in [1.82, 2.24) is 0 Å². The SMILES string of the molecule is COC(=O)[C@H]1O[C@@H](O[C@H]2CC[C@@]3(C)C(=CC=C4[C@@H]5CC[C@H]([C@H](C)/C=C/[C@H](C)C(C)(C)OC6CCCCO6)[C@@]5(C)CC[C@@H]43)C2)[C@H](OC(C)=O)[C@@H](OC(C)=O)[C@@H]1OC(C)=O. The van der Waals surface area contributed by atoms with Crippen LogP contribution in [0, 0.1) is 40.4 Å². The smallest absolute Gasteiger partial charge is 0.339 e. The van der Waals surface area contributed by atoms with E-state index in [1.54, 1.807) is 5.57 Å². The summed E-state index contributed by atoms with van der Waals surface area (Å²) in [5.41, 5.74) is 2.79. The highest BCUT2D eigenvalue weighted by Crippen LogP contribution is 2.66. The summed E-state index contributed by atoms with van der Waals surface area (Å²) in [6.07, 6.45) is 12.4. The van der Waals surface area contributed by atoms with Gasteiger partial charge in [0.25, 0.3) is 0 Å². The van der Waals surface area contributed by atoms with E-state index in [1.165, 1.54) is 45.8 Å². The van der Waals surface area contributed by atoms with E-state index in [-0.39, 0.29) is 34.7 Å². The van der Waals surface area contributed by atoms with Crippen LogP contribution in [-0.2, 0) is 57.1 Å². The maximum atomic E-state index is 13.0. The quantitative estimate of drug-likeness (QED) is 0.108. The molecule has 2 aliphatic heterocycles. The molecule has 1 unspecified atom stereocenters. The molecule has 58 heavy (non-hydrogen) atoms. The lowest BCUT2D eigenvalue weighted by molar-refractivity contribution is -0.311. The summed E-state index contributed by atoms with van der Waals surface area (Å²) in [5, 5.41) is 0. The van der Waals surface area contributed by atoms with Crippen LogP contribution < -0.4 is 0 Å². The first-order valence-electron chi connectivity index (χ1n) is 21.7. The Kier molecular flexibility index (Phi) is 13.7. The lowest BCUT2D eigenvalue weighted by atomic mass is 9.50. The number of allylic oxidation sites excluding steroid dienone is 4. The van der Waals surface area contributed by atoms with Crippen LogP contribution in [0.1, 0.15) is 127 Å². The molecule has 3 saturated carbocycles. The summed E-state index contributed by atoms with van der Waals surface area (Å²) in [7, 11) is 1.18. The Balaban J connectivity index is 1.16. The second-order valence-electron chi connectivity index (χ2n) is 18.8. The van der Waals surface area contributed by atoms with Crippen molar-refractivity contribution in [2.24, 2.45) is 40.4 Å². The van der Waals surface area contributed by atoms with E-state index in [4.69, 9.17) is 37.9 Å². The van der Waals surface area contributed by atoms with E-state index >= 15 is 0 Å². The molecule has 2 heterocycles. The molecule has 4 aliphatic carbocycles. The molecule has 0 N–H and O–H groups in total. The average Bonchev–Trinajstić information content (AvgIpc) is 3.52. The molecule has 0 amide bonds. The van der Waals surface area contributed by atoms with Gasteiger partial charge in [-0.15, -0.1) is 0 Å². The maximum absolute atomic E-state index is 13.0. The molecular weight excluding hydrogens is 744 g/mol. The normalized spacial score (nSPS) is 38.5. The van der Waals surface area contributed by atoms with Gasteiger partial charge in [-0.05, 0) is 113 Å². The van der Waals surface area contributed by atoms with Gasteiger partial charge in [0, 0.05) is 33.3 Å². The summed E-state index contributed by atoms with van der Waals surface area (Å²) in [6, 6.07) is 0. The van der Waals surface area contributed by atoms with Crippen LogP contribution in [0.5, 0.6) is 0 Å². The molecule has 12 nitrogen and oxygen atoms in total. The molecular formula is C46H68O12. The summed E-state index contributed by atoms with van der Waals surface area (Å²) in [6.45, 7) is 18.3. The number of hydrogen-bond donors (Lipinski definition) is 0. The first-order valence-corrected chi connectivity index (χ1v) is 21.7. The van der Waals surface area contributed by atoms with Gasteiger partial charge in [-0.2, -0.15) is 0 Å². The van der Waals surface area contributed by atoms with E-state index in [0.29, 0.717) is 36.5 Å². The van der Waals surface area contributed by atoms with Crippen molar-refractivity contribution in [3.05, 3.63) is 35.5 Å². The molecule has 0 spiro atoms. The molecule has 14 atom stereocenters. The van der Waals surface area contributed by atoms with E-state index in [2.05, 4.69) is 65.8 Å². The van der Waals surface area contributed by atoms with Gasteiger partial charge in [-0.25, -0.2) is 4.79 Å². The first-order chi connectivity index (χ1) is 27.4. The number of carbonyl (C=O) groups excluding carboxylic acids is 4. The number of methoxy groups -OCH3 is 1. The third-order valence-corrected chi connectivity index (χ3v) is 14.8. The Labute approximate surface area is 345 Å². The topological polar surface area (TPSA) is 142 Å². The van der Waals surface area contributed by atoms with Crippen molar-refractivity contribution in [3.63, 3.8) is 0 Å². The van der Waals surface area contributed by atoms with Crippen LogP contribution in [0.2, 0.25) is 0 Å². The Bertz CT molecular complexity index is 1620. The van der Waals surface area contributed by atoms with Crippen molar-refractivity contribution < 1.29 is 57.1 Å². The van der Waals surface area contributed by atoms with Crippen LogP contribution >= 0.6 is 0 Å². The zero-order valence-corrected chi connectivity index (χ0v) is 36.4. The van der Waals surface area contributed by atoms with Gasteiger partial charge in [0.05, 0.1) is 18.8 Å². The highest BCUT2D eigenvalue weighted by atomic mass is 16.7. The third kappa shape index (κ3) is 9.15. The molecule has 12 heteroatoms. The molecule has 0 aromatic carbocycles. The van der Waals surface area contributed by atoms with Gasteiger partial charge < -0.3 is 37.9 Å². The Hall–Kier alpha value is -3.06. The van der Waals surface area contributed by atoms with E-state index < -0.39 is 54.6 Å². The predicted octanol–water partition coefficient (Wildman–Crippen LogP) is 7.71. The number of fused-ring (bicyclic) bond motifs is 5. The average molecular weight is 813 g/mol. The molecule has 0 radical (unpaired) electrons. The van der Waals surface area contributed by atoms with E-state index in [1.807, 2.05) is 0 Å². The minimum atomic E-state index is -1.49. The standard InChI is InChI=1S/C46H68O12/c1-26(14-15-27(2)44(6,7)58-37-13-11-12-24-52-37)34-18-19-35-33-17-16-31-25-32(20-22-45(31,8)36(33)21-23-46(34,35)9)56-43-41(55-30(5)49)39(54-29(4)48)38(53-28(3)47)40(57-43)42(50)51-10/h14-17,26-27,32,34-41,43H,11-13,18-25H2,1-10H3/b15-14+/t26-,27+,32+,34-,35+,36+,37?,38+,39+,40+,41-,43-,45+,46-/m1/s1. The predicted molar refractivity (Wildman–Crippen MR) is 214 cm³/mol. The second kappa shape index (κ2) is 17.9. The van der Waals surface area contributed by atoms with Gasteiger partial charge in [-0.1, -0.05) is 63.1 Å². The monoisotopic (exact) mass is 812 g/mol.